The molecular weight excluding hydrogens is 529 g/mol. The van der Waals surface area contributed by atoms with Crippen molar-refractivity contribution in [3.05, 3.63) is 70.2 Å². The second kappa shape index (κ2) is 12.5. The first-order valence-electron chi connectivity index (χ1n) is 9.89. The molecule has 2 amide bonds. The van der Waals surface area contributed by atoms with Gasteiger partial charge in [0.2, 0.25) is 5.91 Å². The van der Waals surface area contributed by atoms with Gasteiger partial charge in [-0.05, 0) is 41.8 Å². The van der Waals surface area contributed by atoms with Crippen LogP contribution in [0.1, 0.15) is 21.5 Å². The highest BCUT2D eigenvalue weighted by atomic mass is 127. The molecule has 2 aromatic rings. The lowest BCUT2D eigenvalue weighted by atomic mass is 10.1. The summed E-state index contributed by atoms with van der Waals surface area (Å²) in [5, 5.41) is 10.0. The molecule has 0 radical (unpaired) electrons. The average molecular weight is 556 g/mol. The zero-order chi connectivity index (χ0) is 21.3. The SMILES string of the molecule is CN=C(NCCc1cccc(Cl)c1)NCc1ccc(C(=O)N2CCNC(=O)C2)cc1.I. The van der Waals surface area contributed by atoms with E-state index in [1.165, 1.54) is 0 Å². The third kappa shape index (κ3) is 7.70. The van der Waals surface area contributed by atoms with Gasteiger partial charge in [-0.25, -0.2) is 0 Å². The van der Waals surface area contributed by atoms with E-state index in [-0.39, 0.29) is 42.3 Å². The number of hydrogen-bond acceptors (Lipinski definition) is 3. The van der Waals surface area contributed by atoms with Gasteiger partial charge >= 0.3 is 0 Å². The van der Waals surface area contributed by atoms with Crippen molar-refractivity contribution < 1.29 is 9.59 Å². The Morgan fingerprint density at radius 3 is 2.61 bits per heavy atom. The van der Waals surface area contributed by atoms with Crippen LogP contribution in [-0.4, -0.2) is 55.9 Å². The minimum Gasteiger partial charge on any atom is -0.356 e. The molecule has 9 heteroatoms. The van der Waals surface area contributed by atoms with Crippen LogP contribution in [0.4, 0.5) is 0 Å². The molecule has 7 nitrogen and oxygen atoms in total. The van der Waals surface area contributed by atoms with Crippen molar-refractivity contribution >= 4 is 53.4 Å². The molecule has 0 aliphatic carbocycles. The van der Waals surface area contributed by atoms with Gasteiger partial charge in [-0.1, -0.05) is 35.9 Å². The number of guanidine groups is 1. The van der Waals surface area contributed by atoms with Crippen LogP contribution in [0.2, 0.25) is 5.02 Å². The Balaban J connectivity index is 0.00000341. The lowest BCUT2D eigenvalue weighted by Gasteiger charge is -2.26. The number of hydrogen-bond donors (Lipinski definition) is 3. The molecule has 1 aliphatic rings. The summed E-state index contributed by atoms with van der Waals surface area (Å²) in [4.78, 5) is 29.8. The van der Waals surface area contributed by atoms with E-state index < -0.39 is 0 Å². The van der Waals surface area contributed by atoms with E-state index in [1.54, 1.807) is 24.1 Å². The zero-order valence-corrected chi connectivity index (χ0v) is 20.4. The predicted octanol–water partition coefficient (Wildman–Crippen LogP) is 2.44. The van der Waals surface area contributed by atoms with E-state index >= 15 is 0 Å². The van der Waals surface area contributed by atoms with Crippen molar-refractivity contribution in [2.75, 3.05) is 33.2 Å². The molecule has 0 unspecified atom stereocenters. The van der Waals surface area contributed by atoms with Crippen molar-refractivity contribution in [1.82, 2.24) is 20.9 Å². The molecule has 0 aromatic heterocycles. The fourth-order valence-corrected chi connectivity index (χ4v) is 3.40. The summed E-state index contributed by atoms with van der Waals surface area (Å²) in [5.41, 5.74) is 2.77. The van der Waals surface area contributed by atoms with E-state index in [9.17, 15) is 9.59 Å². The van der Waals surface area contributed by atoms with Crippen LogP contribution in [0.3, 0.4) is 0 Å². The lowest BCUT2D eigenvalue weighted by molar-refractivity contribution is -0.123. The minimum absolute atomic E-state index is 0. The topological polar surface area (TPSA) is 85.8 Å². The van der Waals surface area contributed by atoms with Crippen LogP contribution >= 0.6 is 35.6 Å². The molecule has 3 N–H and O–H groups in total. The molecule has 2 aromatic carbocycles. The molecule has 0 spiro atoms. The molecule has 0 saturated carbocycles. The molecule has 166 valence electrons. The number of rotatable bonds is 6. The Hall–Kier alpha value is -2.33. The average Bonchev–Trinajstić information content (AvgIpc) is 2.76. The number of amides is 2. The molecule has 31 heavy (non-hydrogen) atoms. The van der Waals surface area contributed by atoms with Crippen molar-refractivity contribution in [1.29, 1.82) is 0 Å². The van der Waals surface area contributed by atoms with Gasteiger partial charge in [0.05, 0.1) is 6.54 Å². The van der Waals surface area contributed by atoms with Crippen LogP contribution in [0.5, 0.6) is 0 Å². The van der Waals surface area contributed by atoms with E-state index in [2.05, 4.69) is 20.9 Å². The normalized spacial score (nSPS) is 13.8. The van der Waals surface area contributed by atoms with Gasteiger partial charge in [-0.15, -0.1) is 24.0 Å². The predicted molar refractivity (Wildman–Crippen MR) is 134 cm³/mol. The van der Waals surface area contributed by atoms with Gasteiger partial charge < -0.3 is 20.9 Å². The first-order chi connectivity index (χ1) is 14.5. The van der Waals surface area contributed by atoms with E-state index in [0.29, 0.717) is 31.2 Å². The molecular formula is C22H27ClIN5O2. The number of piperazine rings is 1. The molecule has 0 atom stereocenters. The number of nitrogens with one attached hydrogen (secondary N) is 3. The Morgan fingerprint density at radius 1 is 1.16 bits per heavy atom. The number of carbonyl (C=O) groups is 2. The smallest absolute Gasteiger partial charge is 0.254 e. The highest BCUT2D eigenvalue weighted by Crippen LogP contribution is 2.11. The third-order valence-corrected chi connectivity index (χ3v) is 5.04. The largest absolute Gasteiger partial charge is 0.356 e. The monoisotopic (exact) mass is 555 g/mol. The highest BCUT2D eigenvalue weighted by Gasteiger charge is 2.22. The first kappa shape index (κ1) is 24.9. The molecule has 1 aliphatic heterocycles. The second-order valence-corrected chi connectivity index (χ2v) is 7.44. The number of halogens is 2. The van der Waals surface area contributed by atoms with Gasteiger partial charge in [0.15, 0.2) is 5.96 Å². The fraction of sp³-hybridized carbons (Fsp3) is 0.318. The minimum atomic E-state index is -0.122. The molecule has 3 rings (SSSR count). The Labute approximate surface area is 204 Å². The lowest BCUT2D eigenvalue weighted by Crippen LogP contribution is -2.49. The van der Waals surface area contributed by atoms with Gasteiger partial charge in [0, 0.05) is 43.8 Å². The highest BCUT2D eigenvalue weighted by molar-refractivity contribution is 14.0. The standard InChI is InChI=1S/C22H26ClN5O2.HI/c1-24-22(26-10-9-16-3-2-4-19(23)13-16)27-14-17-5-7-18(8-6-17)21(30)28-12-11-25-20(29)15-28;/h2-8,13H,9-12,14-15H2,1H3,(H,25,29)(H2,24,26,27);1H. The van der Waals surface area contributed by atoms with Gasteiger partial charge in [0.1, 0.15) is 0 Å². The van der Waals surface area contributed by atoms with Gasteiger partial charge in [-0.2, -0.15) is 0 Å². The molecule has 1 heterocycles. The maximum atomic E-state index is 12.5. The van der Waals surface area contributed by atoms with Crippen LogP contribution in [-0.2, 0) is 17.8 Å². The van der Waals surface area contributed by atoms with E-state index in [1.807, 2.05) is 36.4 Å². The van der Waals surface area contributed by atoms with Crippen LogP contribution in [0.15, 0.2) is 53.5 Å². The zero-order valence-electron chi connectivity index (χ0n) is 17.4. The summed E-state index contributed by atoms with van der Waals surface area (Å²) in [6.45, 7) is 2.45. The van der Waals surface area contributed by atoms with Crippen LogP contribution < -0.4 is 16.0 Å². The van der Waals surface area contributed by atoms with Crippen LogP contribution in [0.25, 0.3) is 0 Å². The number of benzene rings is 2. The molecule has 0 bridgehead atoms. The van der Waals surface area contributed by atoms with Gasteiger partial charge in [0.25, 0.3) is 5.91 Å². The number of carbonyl (C=O) groups excluding carboxylic acids is 2. The second-order valence-electron chi connectivity index (χ2n) is 7.01. The summed E-state index contributed by atoms with van der Waals surface area (Å²) >= 11 is 6.01. The summed E-state index contributed by atoms with van der Waals surface area (Å²) in [6.07, 6.45) is 0.840. The fourth-order valence-electron chi connectivity index (χ4n) is 3.18. The summed E-state index contributed by atoms with van der Waals surface area (Å²) < 4.78 is 0. The molecule has 1 saturated heterocycles. The Morgan fingerprint density at radius 2 is 1.94 bits per heavy atom. The number of aliphatic imine (C=N–C) groups is 1. The Kier molecular flexibility index (Phi) is 10.1. The van der Waals surface area contributed by atoms with Crippen molar-refractivity contribution in [2.45, 2.75) is 13.0 Å². The quantitative estimate of drug-likeness (QED) is 0.290. The van der Waals surface area contributed by atoms with Crippen molar-refractivity contribution in [2.24, 2.45) is 4.99 Å². The van der Waals surface area contributed by atoms with Crippen LogP contribution in [0, 0.1) is 0 Å². The first-order valence-corrected chi connectivity index (χ1v) is 10.3. The summed E-state index contributed by atoms with van der Waals surface area (Å²) in [6, 6.07) is 15.2. The van der Waals surface area contributed by atoms with Crippen molar-refractivity contribution in [3.63, 3.8) is 0 Å². The Bertz CT molecular complexity index is 920. The molecule has 1 fully saturated rings. The van der Waals surface area contributed by atoms with E-state index in [0.717, 1.165) is 29.1 Å². The van der Waals surface area contributed by atoms with Crippen molar-refractivity contribution in [3.8, 4) is 0 Å². The van der Waals surface area contributed by atoms with E-state index in [4.69, 9.17) is 11.6 Å². The number of nitrogens with zero attached hydrogens (tertiary/aromatic N) is 2. The third-order valence-electron chi connectivity index (χ3n) is 4.81. The summed E-state index contributed by atoms with van der Waals surface area (Å²) in [7, 11) is 1.73. The maximum absolute atomic E-state index is 12.5. The maximum Gasteiger partial charge on any atom is 0.254 e. The van der Waals surface area contributed by atoms with Gasteiger partial charge in [-0.3, -0.25) is 14.6 Å². The summed E-state index contributed by atoms with van der Waals surface area (Å²) in [5.74, 6) is 0.462.